The average molecular weight is 162 g/mol. The summed E-state index contributed by atoms with van der Waals surface area (Å²) >= 11 is 5.78. The zero-order valence-electron chi connectivity index (χ0n) is 6.30. The van der Waals surface area contributed by atoms with Crippen LogP contribution in [0.5, 0.6) is 0 Å². The first-order valence-electron chi connectivity index (χ1n) is 3.55. The van der Waals surface area contributed by atoms with E-state index in [2.05, 4.69) is 0 Å². The van der Waals surface area contributed by atoms with Gasteiger partial charge in [-0.1, -0.05) is 0 Å². The molecule has 1 amide bonds. The Balaban J connectivity index is 2.55. The zero-order valence-corrected chi connectivity index (χ0v) is 7.06. The predicted octanol–water partition coefficient (Wildman–Crippen LogP) is 1.23. The van der Waals surface area contributed by atoms with Gasteiger partial charge in [-0.2, -0.15) is 0 Å². The third-order valence-electron chi connectivity index (χ3n) is 1.73. The molecule has 1 rings (SSSR count). The van der Waals surface area contributed by atoms with Crippen molar-refractivity contribution < 1.29 is 4.79 Å². The van der Waals surface area contributed by atoms with Crippen LogP contribution >= 0.6 is 11.6 Å². The van der Waals surface area contributed by atoms with E-state index in [4.69, 9.17) is 11.6 Å². The van der Waals surface area contributed by atoms with Crippen molar-refractivity contribution in [3.05, 3.63) is 0 Å². The van der Waals surface area contributed by atoms with Crippen LogP contribution < -0.4 is 0 Å². The Morgan fingerprint density at radius 3 is 2.50 bits per heavy atom. The van der Waals surface area contributed by atoms with Crippen molar-refractivity contribution in [3.8, 4) is 0 Å². The standard InChI is InChI=1S/C7H12ClNO/c1-5(2)9-4-6(8)3-7(9)10/h5-6H,3-4H2,1-2H3. The summed E-state index contributed by atoms with van der Waals surface area (Å²) in [6.45, 7) is 4.73. The number of carbonyl (C=O) groups excluding carboxylic acids is 1. The third kappa shape index (κ3) is 1.43. The van der Waals surface area contributed by atoms with Crippen LogP contribution in [0.1, 0.15) is 20.3 Å². The third-order valence-corrected chi connectivity index (χ3v) is 2.03. The lowest BCUT2D eigenvalue weighted by Crippen LogP contribution is -2.32. The lowest BCUT2D eigenvalue weighted by Gasteiger charge is -2.19. The van der Waals surface area contributed by atoms with E-state index in [9.17, 15) is 4.79 Å². The number of nitrogens with zero attached hydrogens (tertiary/aromatic N) is 1. The smallest absolute Gasteiger partial charge is 0.224 e. The molecule has 0 N–H and O–H groups in total. The molecule has 0 bridgehead atoms. The number of carbonyl (C=O) groups is 1. The summed E-state index contributed by atoms with van der Waals surface area (Å²) in [6.07, 6.45) is 0.514. The molecule has 0 saturated carbocycles. The minimum Gasteiger partial charge on any atom is -0.339 e. The van der Waals surface area contributed by atoms with Crippen molar-refractivity contribution in [2.45, 2.75) is 31.7 Å². The van der Waals surface area contributed by atoms with Gasteiger partial charge in [-0.05, 0) is 13.8 Å². The Morgan fingerprint density at radius 1 is 1.70 bits per heavy atom. The van der Waals surface area contributed by atoms with Crippen molar-refractivity contribution in [2.75, 3.05) is 6.54 Å². The van der Waals surface area contributed by atoms with Gasteiger partial charge in [-0.3, -0.25) is 4.79 Å². The van der Waals surface area contributed by atoms with E-state index in [1.165, 1.54) is 0 Å². The monoisotopic (exact) mass is 161 g/mol. The molecule has 1 atom stereocenters. The molecule has 58 valence electrons. The first kappa shape index (κ1) is 7.86. The molecular weight excluding hydrogens is 150 g/mol. The van der Waals surface area contributed by atoms with Gasteiger partial charge in [0.1, 0.15) is 0 Å². The van der Waals surface area contributed by atoms with E-state index in [0.29, 0.717) is 12.5 Å². The van der Waals surface area contributed by atoms with Gasteiger partial charge < -0.3 is 4.90 Å². The van der Waals surface area contributed by atoms with Gasteiger partial charge >= 0.3 is 0 Å². The number of hydrogen-bond donors (Lipinski definition) is 0. The molecule has 0 aromatic carbocycles. The van der Waals surface area contributed by atoms with Gasteiger partial charge in [-0.25, -0.2) is 0 Å². The number of likely N-dealkylation sites (tertiary alicyclic amines) is 1. The molecular formula is C7H12ClNO. The van der Waals surface area contributed by atoms with Crippen LogP contribution in [0, 0.1) is 0 Å². The summed E-state index contributed by atoms with van der Waals surface area (Å²) in [5.41, 5.74) is 0. The lowest BCUT2D eigenvalue weighted by atomic mass is 10.3. The highest BCUT2D eigenvalue weighted by atomic mass is 35.5. The first-order valence-corrected chi connectivity index (χ1v) is 3.98. The van der Waals surface area contributed by atoms with Crippen molar-refractivity contribution in [2.24, 2.45) is 0 Å². The Bertz CT molecular complexity index is 147. The van der Waals surface area contributed by atoms with Gasteiger partial charge in [0.2, 0.25) is 5.91 Å². The van der Waals surface area contributed by atoms with Crippen LogP contribution in [0.15, 0.2) is 0 Å². The minimum absolute atomic E-state index is 0.0369. The van der Waals surface area contributed by atoms with Gasteiger partial charge in [0.15, 0.2) is 0 Å². The second kappa shape index (κ2) is 2.79. The van der Waals surface area contributed by atoms with Crippen LogP contribution in [0.4, 0.5) is 0 Å². The van der Waals surface area contributed by atoms with Crippen LogP contribution in [0.3, 0.4) is 0 Å². The summed E-state index contributed by atoms with van der Waals surface area (Å²) in [5.74, 6) is 0.190. The van der Waals surface area contributed by atoms with Gasteiger partial charge in [0.05, 0.1) is 5.38 Å². The van der Waals surface area contributed by atoms with E-state index in [1.807, 2.05) is 18.7 Å². The number of hydrogen-bond acceptors (Lipinski definition) is 1. The fourth-order valence-electron chi connectivity index (χ4n) is 1.19. The molecule has 10 heavy (non-hydrogen) atoms. The maximum Gasteiger partial charge on any atom is 0.224 e. The number of alkyl halides is 1. The van der Waals surface area contributed by atoms with Gasteiger partial charge in [0.25, 0.3) is 0 Å². The summed E-state index contributed by atoms with van der Waals surface area (Å²) in [5, 5.41) is 0.0369. The van der Waals surface area contributed by atoms with E-state index >= 15 is 0 Å². The molecule has 0 aromatic rings. The largest absolute Gasteiger partial charge is 0.339 e. The van der Waals surface area contributed by atoms with Crippen molar-refractivity contribution in [1.82, 2.24) is 4.90 Å². The van der Waals surface area contributed by atoms with E-state index in [1.54, 1.807) is 0 Å². The predicted molar refractivity (Wildman–Crippen MR) is 41.1 cm³/mol. The lowest BCUT2D eigenvalue weighted by molar-refractivity contribution is -0.129. The average Bonchev–Trinajstić information content (AvgIpc) is 2.10. The molecule has 1 saturated heterocycles. The fourth-order valence-corrected chi connectivity index (χ4v) is 1.47. The molecule has 2 nitrogen and oxygen atoms in total. The van der Waals surface area contributed by atoms with Crippen LogP contribution in [-0.4, -0.2) is 28.8 Å². The topological polar surface area (TPSA) is 20.3 Å². The molecule has 0 spiro atoms. The molecule has 1 heterocycles. The molecule has 1 aliphatic rings. The Hall–Kier alpha value is -0.240. The zero-order chi connectivity index (χ0) is 7.72. The summed E-state index contributed by atoms with van der Waals surface area (Å²) < 4.78 is 0. The minimum atomic E-state index is 0.0369. The van der Waals surface area contributed by atoms with Crippen molar-refractivity contribution in [1.29, 1.82) is 0 Å². The normalized spacial score (nSPS) is 26.6. The van der Waals surface area contributed by atoms with Crippen LogP contribution in [0.25, 0.3) is 0 Å². The van der Waals surface area contributed by atoms with E-state index < -0.39 is 0 Å². The number of rotatable bonds is 1. The van der Waals surface area contributed by atoms with E-state index in [-0.39, 0.29) is 11.3 Å². The molecule has 3 heteroatoms. The fraction of sp³-hybridized carbons (Fsp3) is 0.857. The summed E-state index contributed by atoms with van der Waals surface area (Å²) in [6, 6.07) is 0.302. The molecule has 1 unspecified atom stereocenters. The molecule has 1 aliphatic heterocycles. The second-order valence-electron chi connectivity index (χ2n) is 2.94. The summed E-state index contributed by atoms with van der Waals surface area (Å²) in [4.78, 5) is 12.9. The molecule has 0 radical (unpaired) electrons. The first-order chi connectivity index (χ1) is 4.61. The maximum atomic E-state index is 11.1. The highest BCUT2D eigenvalue weighted by Crippen LogP contribution is 2.18. The maximum absolute atomic E-state index is 11.1. The Kier molecular flexibility index (Phi) is 2.19. The number of amides is 1. The van der Waals surface area contributed by atoms with Gasteiger partial charge in [-0.15, -0.1) is 11.6 Å². The Labute approximate surface area is 66.1 Å². The number of halogens is 1. The van der Waals surface area contributed by atoms with Crippen molar-refractivity contribution >= 4 is 17.5 Å². The highest BCUT2D eigenvalue weighted by Gasteiger charge is 2.29. The van der Waals surface area contributed by atoms with Crippen LogP contribution in [0.2, 0.25) is 0 Å². The molecule has 0 aromatic heterocycles. The molecule has 1 fully saturated rings. The Morgan fingerprint density at radius 2 is 2.30 bits per heavy atom. The highest BCUT2D eigenvalue weighted by molar-refractivity contribution is 6.22. The SMILES string of the molecule is CC(C)N1CC(Cl)CC1=O. The van der Waals surface area contributed by atoms with Gasteiger partial charge in [0, 0.05) is 19.0 Å². The second-order valence-corrected chi connectivity index (χ2v) is 3.56. The quantitative estimate of drug-likeness (QED) is 0.530. The molecule has 0 aliphatic carbocycles. The summed E-state index contributed by atoms with van der Waals surface area (Å²) in [7, 11) is 0. The van der Waals surface area contributed by atoms with Crippen molar-refractivity contribution in [3.63, 3.8) is 0 Å². The van der Waals surface area contributed by atoms with Crippen LogP contribution in [-0.2, 0) is 4.79 Å². The van der Waals surface area contributed by atoms with E-state index in [0.717, 1.165) is 6.54 Å².